The van der Waals surface area contributed by atoms with E-state index in [9.17, 15) is 0 Å². The zero-order valence-corrected chi connectivity index (χ0v) is 12.4. The first-order chi connectivity index (χ1) is 9.17. The van der Waals surface area contributed by atoms with Gasteiger partial charge in [-0.3, -0.25) is 0 Å². The molecule has 1 rings (SSSR count). The molecule has 19 heavy (non-hydrogen) atoms. The summed E-state index contributed by atoms with van der Waals surface area (Å²) in [5, 5.41) is 0. The molecule has 0 saturated carbocycles. The van der Waals surface area contributed by atoms with Gasteiger partial charge in [0.25, 0.3) is 0 Å². The van der Waals surface area contributed by atoms with Crippen LogP contribution in [0.5, 0.6) is 17.2 Å². The van der Waals surface area contributed by atoms with Crippen molar-refractivity contribution in [3.05, 3.63) is 17.7 Å². The maximum absolute atomic E-state index is 6.28. The molecule has 0 spiro atoms. The Hall–Kier alpha value is -1.42. The fraction of sp³-hybridized carbons (Fsp3) is 0.600. The molecule has 0 fully saturated rings. The Kier molecular flexibility index (Phi) is 6.50. The van der Waals surface area contributed by atoms with E-state index in [0.717, 1.165) is 29.9 Å². The average Bonchev–Trinajstić information content (AvgIpc) is 2.45. The second kappa shape index (κ2) is 7.89. The zero-order chi connectivity index (χ0) is 14.3. The van der Waals surface area contributed by atoms with E-state index >= 15 is 0 Å². The SMILES string of the molecule is CCCCCC(N)c1c(OC)cc(OC)cc1OC. The molecule has 0 bridgehead atoms. The van der Waals surface area contributed by atoms with E-state index in [1.807, 2.05) is 12.1 Å². The quantitative estimate of drug-likeness (QED) is 0.734. The van der Waals surface area contributed by atoms with E-state index in [-0.39, 0.29) is 6.04 Å². The molecule has 1 atom stereocenters. The number of unbranched alkanes of at least 4 members (excludes halogenated alkanes) is 2. The van der Waals surface area contributed by atoms with Crippen molar-refractivity contribution in [2.45, 2.75) is 38.6 Å². The van der Waals surface area contributed by atoms with Crippen molar-refractivity contribution in [1.82, 2.24) is 0 Å². The number of hydrogen-bond acceptors (Lipinski definition) is 4. The number of rotatable bonds is 8. The van der Waals surface area contributed by atoms with Gasteiger partial charge >= 0.3 is 0 Å². The van der Waals surface area contributed by atoms with Gasteiger partial charge in [-0.1, -0.05) is 26.2 Å². The monoisotopic (exact) mass is 267 g/mol. The van der Waals surface area contributed by atoms with Crippen LogP contribution in [0.2, 0.25) is 0 Å². The summed E-state index contributed by atoms with van der Waals surface area (Å²) >= 11 is 0. The minimum absolute atomic E-state index is 0.0812. The second-order valence-electron chi connectivity index (χ2n) is 4.55. The van der Waals surface area contributed by atoms with Gasteiger partial charge < -0.3 is 19.9 Å². The molecule has 1 aromatic carbocycles. The van der Waals surface area contributed by atoms with Crippen LogP contribution in [-0.4, -0.2) is 21.3 Å². The van der Waals surface area contributed by atoms with Crippen molar-refractivity contribution in [3.8, 4) is 17.2 Å². The molecule has 0 saturated heterocycles. The predicted molar refractivity (Wildman–Crippen MR) is 77.2 cm³/mol. The van der Waals surface area contributed by atoms with Crippen LogP contribution in [0.25, 0.3) is 0 Å². The summed E-state index contributed by atoms with van der Waals surface area (Å²) in [6.45, 7) is 2.18. The minimum Gasteiger partial charge on any atom is -0.496 e. The van der Waals surface area contributed by atoms with E-state index in [1.165, 1.54) is 12.8 Å². The van der Waals surface area contributed by atoms with E-state index < -0.39 is 0 Å². The van der Waals surface area contributed by atoms with Crippen molar-refractivity contribution in [2.75, 3.05) is 21.3 Å². The van der Waals surface area contributed by atoms with Crippen LogP contribution in [0.4, 0.5) is 0 Å². The maximum atomic E-state index is 6.28. The Balaban J connectivity index is 3.02. The van der Waals surface area contributed by atoms with Gasteiger partial charge in [0.15, 0.2) is 0 Å². The fourth-order valence-corrected chi connectivity index (χ4v) is 2.16. The Morgan fingerprint density at radius 2 is 1.58 bits per heavy atom. The number of nitrogens with two attached hydrogens (primary N) is 1. The van der Waals surface area contributed by atoms with Crippen molar-refractivity contribution < 1.29 is 14.2 Å². The molecule has 0 aliphatic carbocycles. The van der Waals surface area contributed by atoms with Gasteiger partial charge in [-0.25, -0.2) is 0 Å². The van der Waals surface area contributed by atoms with Crippen LogP contribution < -0.4 is 19.9 Å². The molecule has 0 amide bonds. The van der Waals surface area contributed by atoms with E-state index in [2.05, 4.69) is 6.92 Å². The van der Waals surface area contributed by atoms with Crippen molar-refractivity contribution in [1.29, 1.82) is 0 Å². The lowest BCUT2D eigenvalue weighted by atomic mass is 9.99. The summed E-state index contributed by atoms with van der Waals surface area (Å²) in [5.41, 5.74) is 7.20. The van der Waals surface area contributed by atoms with Crippen LogP contribution in [0, 0.1) is 0 Å². The molecule has 0 radical (unpaired) electrons. The molecule has 4 heteroatoms. The lowest BCUT2D eigenvalue weighted by Gasteiger charge is -2.20. The third-order valence-corrected chi connectivity index (χ3v) is 3.24. The third-order valence-electron chi connectivity index (χ3n) is 3.24. The van der Waals surface area contributed by atoms with Crippen molar-refractivity contribution >= 4 is 0 Å². The zero-order valence-electron chi connectivity index (χ0n) is 12.4. The van der Waals surface area contributed by atoms with Gasteiger partial charge in [-0.05, 0) is 6.42 Å². The molecule has 0 heterocycles. The fourth-order valence-electron chi connectivity index (χ4n) is 2.16. The summed E-state index contributed by atoms with van der Waals surface area (Å²) < 4.78 is 16.1. The van der Waals surface area contributed by atoms with Crippen LogP contribution in [0.15, 0.2) is 12.1 Å². The van der Waals surface area contributed by atoms with Gasteiger partial charge in [-0.2, -0.15) is 0 Å². The van der Waals surface area contributed by atoms with Gasteiger partial charge in [-0.15, -0.1) is 0 Å². The number of hydrogen-bond donors (Lipinski definition) is 1. The molecule has 0 aliphatic rings. The summed E-state index contributed by atoms with van der Waals surface area (Å²) in [6.07, 6.45) is 4.40. The molecule has 2 N–H and O–H groups in total. The molecule has 1 aromatic rings. The summed E-state index contributed by atoms with van der Waals surface area (Å²) in [4.78, 5) is 0. The highest BCUT2D eigenvalue weighted by Gasteiger charge is 2.19. The Morgan fingerprint density at radius 1 is 1.00 bits per heavy atom. The minimum atomic E-state index is -0.0812. The van der Waals surface area contributed by atoms with Gasteiger partial charge in [0, 0.05) is 18.2 Å². The lowest BCUT2D eigenvalue weighted by Crippen LogP contribution is -2.13. The largest absolute Gasteiger partial charge is 0.496 e. The predicted octanol–water partition coefficient (Wildman–Crippen LogP) is 3.29. The molecular formula is C15H25NO3. The Bertz CT molecular complexity index is 368. The van der Waals surface area contributed by atoms with Crippen LogP contribution in [0.3, 0.4) is 0 Å². The van der Waals surface area contributed by atoms with Crippen molar-refractivity contribution in [3.63, 3.8) is 0 Å². The summed E-state index contributed by atoms with van der Waals surface area (Å²) in [6, 6.07) is 3.61. The smallest absolute Gasteiger partial charge is 0.131 e. The molecule has 1 unspecified atom stereocenters. The normalized spacial score (nSPS) is 12.1. The topological polar surface area (TPSA) is 53.7 Å². The highest BCUT2D eigenvalue weighted by Crippen LogP contribution is 2.38. The molecule has 0 aromatic heterocycles. The number of benzene rings is 1. The molecule has 4 nitrogen and oxygen atoms in total. The summed E-state index contributed by atoms with van der Waals surface area (Å²) in [5.74, 6) is 2.15. The van der Waals surface area contributed by atoms with Gasteiger partial charge in [0.1, 0.15) is 17.2 Å². The molecular weight excluding hydrogens is 242 g/mol. The first-order valence-electron chi connectivity index (χ1n) is 6.73. The standard InChI is InChI=1S/C15H25NO3/c1-5-6-7-8-12(16)15-13(18-3)9-11(17-2)10-14(15)19-4/h9-10,12H,5-8,16H2,1-4H3. The lowest BCUT2D eigenvalue weighted by molar-refractivity contribution is 0.361. The van der Waals surface area contributed by atoms with Gasteiger partial charge in [0.05, 0.1) is 26.9 Å². The second-order valence-corrected chi connectivity index (χ2v) is 4.55. The van der Waals surface area contributed by atoms with Crippen LogP contribution in [-0.2, 0) is 0 Å². The first kappa shape index (κ1) is 15.6. The van der Waals surface area contributed by atoms with Crippen molar-refractivity contribution in [2.24, 2.45) is 5.73 Å². The molecule has 108 valence electrons. The van der Waals surface area contributed by atoms with E-state index in [1.54, 1.807) is 21.3 Å². The Labute approximate surface area is 115 Å². The van der Waals surface area contributed by atoms with Gasteiger partial charge in [0.2, 0.25) is 0 Å². The van der Waals surface area contributed by atoms with E-state index in [4.69, 9.17) is 19.9 Å². The average molecular weight is 267 g/mol. The Morgan fingerprint density at radius 3 is 2.00 bits per heavy atom. The first-order valence-corrected chi connectivity index (χ1v) is 6.73. The highest BCUT2D eigenvalue weighted by atomic mass is 16.5. The maximum Gasteiger partial charge on any atom is 0.131 e. The number of ether oxygens (including phenoxy) is 3. The van der Waals surface area contributed by atoms with E-state index in [0.29, 0.717) is 5.75 Å². The number of methoxy groups -OCH3 is 3. The van der Waals surface area contributed by atoms with Crippen LogP contribution in [0.1, 0.15) is 44.2 Å². The molecule has 0 aliphatic heterocycles. The highest BCUT2D eigenvalue weighted by molar-refractivity contribution is 5.52. The third kappa shape index (κ3) is 4.03. The van der Waals surface area contributed by atoms with Crippen LogP contribution >= 0.6 is 0 Å². The summed E-state index contributed by atoms with van der Waals surface area (Å²) in [7, 11) is 4.89.